The molecule has 8 nitrogen and oxygen atoms in total. The standard InChI is InChI=1S/C18H27N5O3/c1-6-7-23-14-13(16(25)22-17(23)26)11(8-12(21-14)10(2)3)15(24)20-9-18(4,5)19/h8,10H,6-7,9,19H2,1-5H3,(H,20,24)(H,22,25,26). The van der Waals surface area contributed by atoms with Crippen LogP contribution in [0.2, 0.25) is 0 Å². The fourth-order valence-electron chi connectivity index (χ4n) is 2.60. The van der Waals surface area contributed by atoms with Gasteiger partial charge in [-0.05, 0) is 32.3 Å². The minimum Gasteiger partial charge on any atom is -0.350 e. The number of hydrogen-bond acceptors (Lipinski definition) is 5. The van der Waals surface area contributed by atoms with Crippen LogP contribution in [0, 0.1) is 0 Å². The zero-order chi connectivity index (χ0) is 19.6. The van der Waals surface area contributed by atoms with E-state index in [9.17, 15) is 14.4 Å². The third-order valence-corrected chi connectivity index (χ3v) is 3.96. The van der Waals surface area contributed by atoms with Gasteiger partial charge in [0.05, 0.1) is 10.9 Å². The van der Waals surface area contributed by atoms with Gasteiger partial charge in [0.2, 0.25) is 0 Å². The second-order valence-corrected chi connectivity index (χ2v) is 7.53. The van der Waals surface area contributed by atoms with E-state index >= 15 is 0 Å². The highest BCUT2D eigenvalue weighted by atomic mass is 16.2. The molecule has 26 heavy (non-hydrogen) atoms. The molecule has 0 aliphatic rings. The molecule has 1 amide bonds. The number of aromatic amines is 1. The van der Waals surface area contributed by atoms with Gasteiger partial charge in [0.1, 0.15) is 0 Å². The number of nitrogens with one attached hydrogen (secondary N) is 2. The van der Waals surface area contributed by atoms with Crippen LogP contribution in [0.5, 0.6) is 0 Å². The van der Waals surface area contributed by atoms with E-state index in [0.29, 0.717) is 18.7 Å². The van der Waals surface area contributed by atoms with Gasteiger partial charge in [-0.1, -0.05) is 20.8 Å². The third-order valence-electron chi connectivity index (χ3n) is 3.96. The summed E-state index contributed by atoms with van der Waals surface area (Å²) in [4.78, 5) is 44.2. The Kier molecular flexibility index (Phi) is 5.65. The first-order valence-electron chi connectivity index (χ1n) is 8.80. The Morgan fingerprint density at radius 3 is 2.58 bits per heavy atom. The van der Waals surface area contributed by atoms with E-state index in [1.165, 1.54) is 4.57 Å². The molecular formula is C18H27N5O3. The number of aryl methyl sites for hydroxylation is 1. The molecule has 0 aliphatic heterocycles. The molecule has 0 atom stereocenters. The Morgan fingerprint density at radius 2 is 2.04 bits per heavy atom. The Hall–Kier alpha value is -2.48. The van der Waals surface area contributed by atoms with E-state index < -0.39 is 22.7 Å². The zero-order valence-corrected chi connectivity index (χ0v) is 16.0. The number of amides is 1. The van der Waals surface area contributed by atoms with Crippen molar-refractivity contribution >= 4 is 16.9 Å². The maximum Gasteiger partial charge on any atom is 0.329 e. The number of aromatic nitrogens is 3. The molecule has 0 unspecified atom stereocenters. The molecule has 0 aromatic carbocycles. The summed E-state index contributed by atoms with van der Waals surface area (Å²) in [5, 5.41) is 2.88. The summed E-state index contributed by atoms with van der Waals surface area (Å²) in [6.07, 6.45) is 0.692. The van der Waals surface area contributed by atoms with E-state index in [1.54, 1.807) is 19.9 Å². The summed E-state index contributed by atoms with van der Waals surface area (Å²) in [5.74, 6) is -0.383. The maximum absolute atomic E-state index is 12.8. The van der Waals surface area contributed by atoms with Crippen molar-refractivity contribution in [3.05, 3.63) is 38.2 Å². The highest BCUT2D eigenvalue weighted by Crippen LogP contribution is 2.20. The van der Waals surface area contributed by atoms with Crippen LogP contribution in [0.1, 0.15) is 63.0 Å². The fourth-order valence-corrected chi connectivity index (χ4v) is 2.60. The second kappa shape index (κ2) is 7.41. The molecule has 0 aliphatic carbocycles. The molecule has 4 N–H and O–H groups in total. The van der Waals surface area contributed by atoms with Crippen LogP contribution in [0.3, 0.4) is 0 Å². The number of carbonyl (C=O) groups is 1. The van der Waals surface area contributed by atoms with Crippen molar-refractivity contribution in [3.8, 4) is 0 Å². The molecule has 0 radical (unpaired) electrons. The summed E-state index contributed by atoms with van der Waals surface area (Å²) in [6.45, 7) is 10.0. The first kappa shape index (κ1) is 19.8. The number of hydrogen-bond donors (Lipinski definition) is 3. The van der Waals surface area contributed by atoms with E-state index in [-0.39, 0.29) is 29.1 Å². The normalized spacial score (nSPS) is 12.0. The summed E-state index contributed by atoms with van der Waals surface area (Å²) < 4.78 is 1.41. The summed E-state index contributed by atoms with van der Waals surface area (Å²) >= 11 is 0. The van der Waals surface area contributed by atoms with Crippen LogP contribution >= 0.6 is 0 Å². The van der Waals surface area contributed by atoms with Crippen LogP contribution in [0.4, 0.5) is 0 Å². The number of H-pyrrole nitrogens is 1. The van der Waals surface area contributed by atoms with Gasteiger partial charge in [-0.15, -0.1) is 0 Å². The average molecular weight is 361 g/mol. The molecule has 2 aromatic rings. The lowest BCUT2D eigenvalue weighted by Gasteiger charge is -2.20. The highest BCUT2D eigenvalue weighted by molar-refractivity contribution is 6.05. The predicted molar refractivity (Wildman–Crippen MR) is 102 cm³/mol. The lowest BCUT2D eigenvalue weighted by Crippen LogP contribution is -2.45. The van der Waals surface area contributed by atoms with Gasteiger partial charge in [-0.2, -0.15) is 0 Å². The molecule has 142 valence electrons. The van der Waals surface area contributed by atoms with Crippen molar-refractivity contribution in [2.45, 2.75) is 59.0 Å². The van der Waals surface area contributed by atoms with Gasteiger partial charge < -0.3 is 11.1 Å². The van der Waals surface area contributed by atoms with Crippen molar-refractivity contribution in [3.63, 3.8) is 0 Å². The molecule has 0 spiro atoms. The summed E-state index contributed by atoms with van der Waals surface area (Å²) in [7, 11) is 0. The van der Waals surface area contributed by atoms with Crippen molar-refractivity contribution in [2.75, 3.05) is 6.54 Å². The zero-order valence-electron chi connectivity index (χ0n) is 16.0. The van der Waals surface area contributed by atoms with Crippen LogP contribution < -0.4 is 22.3 Å². The lowest BCUT2D eigenvalue weighted by molar-refractivity contribution is 0.0947. The quantitative estimate of drug-likeness (QED) is 0.710. The second-order valence-electron chi connectivity index (χ2n) is 7.53. The van der Waals surface area contributed by atoms with Crippen molar-refractivity contribution in [1.29, 1.82) is 0 Å². The fraction of sp³-hybridized carbons (Fsp3) is 0.556. The van der Waals surface area contributed by atoms with Gasteiger partial charge in [0.25, 0.3) is 11.5 Å². The molecule has 0 saturated heterocycles. The van der Waals surface area contributed by atoms with E-state index in [4.69, 9.17) is 5.73 Å². The molecule has 0 saturated carbocycles. The van der Waals surface area contributed by atoms with Crippen LogP contribution in [-0.4, -0.2) is 32.5 Å². The van der Waals surface area contributed by atoms with E-state index in [1.807, 2.05) is 20.8 Å². The monoisotopic (exact) mass is 361 g/mol. The predicted octanol–water partition coefficient (Wildman–Crippen LogP) is 1.09. The summed E-state index contributed by atoms with van der Waals surface area (Å²) in [5.41, 5.74) is 5.29. The molecule has 0 bridgehead atoms. The first-order chi connectivity index (χ1) is 12.0. The summed E-state index contributed by atoms with van der Waals surface area (Å²) in [6, 6.07) is 1.61. The minimum absolute atomic E-state index is 0.0290. The van der Waals surface area contributed by atoms with Gasteiger partial charge >= 0.3 is 5.69 Å². The third kappa shape index (κ3) is 4.19. The number of carbonyl (C=O) groups excluding carboxylic acids is 1. The van der Waals surface area contributed by atoms with Crippen molar-refractivity contribution in [2.24, 2.45) is 5.73 Å². The van der Waals surface area contributed by atoms with E-state index in [2.05, 4.69) is 15.3 Å². The Balaban J connectivity index is 2.76. The largest absolute Gasteiger partial charge is 0.350 e. The molecule has 2 heterocycles. The van der Waals surface area contributed by atoms with Gasteiger partial charge in [-0.25, -0.2) is 9.78 Å². The molecule has 2 aromatic heterocycles. The molecular weight excluding hydrogens is 334 g/mol. The van der Waals surface area contributed by atoms with Crippen LogP contribution in [0.15, 0.2) is 15.7 Å². The van der Waals surface area contributed by atoms with Crippen LogP contribution in [0.25, 0.3) is 11.0 Å². The van der Waals surface area contributed by atoms with Crippen molar-refractivity contribution < 1.29 is 4.79 Å². The van der Waals surface area contributed by atoms with Crippen molar-refractivity contribution in [1.82, 2.24) is 19.9 Å². The van der Waals surface area contributed by atoms with Gasteiger partial charge in [0.15, 0.2) is 5.65 Å². The number of pyridine rings is 1. The number of fused-ring (bicyclic) bond motifs is 1. The molecule has 0 fully saturated rings. The Labute approximate surface area is 151 Å². The van der Waals surface area contributed by atoms with Gasteiger partial charge in [-0.3, -0.25) is 19.1 Å². The minimum atomic E-state index is -0.614. The topological polar surface area (TPSA) is 123 Å². The van der Waals surface area contributed by atoms with Gasteiger partial charge in [0, 0.05) is 24.3 Å². The Morgan fingerprint density at radius 1 is 1.38 bits per heavy atom. The number of rotatable bonds is 6. The molecule has 2 rings (SSSR count). The number of nitrogens with two attached hydrogens (primary N) is 1. The SMILES string of the molecule is CCCn1c(=O)[nH]c(=O)c2c(C(=O)NCC(C)(C)N)cc(C(C)C)nc21. The number of nitrogens with zero attached hydrogens (tertiary/aromatic N) is 2. The van der Waals surface area contributed by atoms with Crippen LogP contribution in [-0.2, 0) is 6.54 Å². The average Bonchev–Trinajstić information content (AvgIpc) is 2.54. The van der Waals surface area contributed by atoms with E-state index in [0.717, 1.165) is 0 Å². The lowest BCUT2D eigenvalue weighted by atomic mass is 10.0. The smallest absolute Gasteiger partial charge is 0.329 e. The highest BCUT2D eigenvalue weighted by Gasteiger charge is 2.21. The molecule has 8 heteroatoms. The maximum atomic E-state index is 12.8. The Bertz CT molecular complexity index is 935. The first-order valence-corrected chi connectivity index (χ1v) is 8.80.